The third-order valence-electron chi connectivity index (χ3n) is 4.02. The Balaban J connectivity index is 2.04. The van der Waals surface area contributed by atoms with E-state index in [1.165, 1.54) is 11.3 Å². The van der Waals surface area contributed by atoms with Gasteiger partial charge in [0.1, 0.15) is 0 Å². The molecular formula is C18H27N3. The first-order valence-corrected chi connectivity index (χ1v) is 8.02. The molecule has 0 aliphatic carbocycles. The summed E-state index contributed by atoms with van der Waals surface area (Å²) in [4.78, 5) is 0. The number of rotatable bonds is 7. The highest BCUT2D eigenvalue weighted by Crippen LogP contribution is 2.24. The maximum atomic E-state index is 4.70. The van der Waals surface area contributed by atoms with Crippen LogP contribution >= 0.6 is 0 Å². The highest BCUT2D eigenvalue weighted by atomic mass is 15.3. The van der Waals surface area contributed by atoms with Gasteiger partial charge in [0.2, 0.25) is 0 Å². The van der Waals surface area contributed by atoms with Crippen LogP contribution in [0.25, 0.3) is 0 Å². The SMILES string of the molecule is CCC(CC)n1ccc(CNc2ccccc2C(C)C)n1. The van der Waals surface area contributed by atoms with Gasteiger partial charge >= 0.3 is 0 Å². The molecule has 3 heteroatoms. The highest BCUT2D eigenvalue weighted by Gasteiger charge is 2.09. The van der Waals surface area contributed by atoms with Crippen LogP contribution in [-0.2, 0) is 6.54 Å². The van der Waals surface area contributed by atoms with Crippen LogP contribution in [0.15, 0.2) is 36.5 Å². The zero-order valence-corrected chi connectivity index (χ0v) is 13.6. The fourth-order valence-electron chi connectivity index (χ4n) is 2.69. The number of nitrogens with one attached hydrogen (secondary N) is 1. The molecule has 114 valence electrons. The van der Waals surface area contributed by atoms with E-state index in [2.05, 4.69) is 74.2 Å². The number of hydrogen-bond acceptors (Lipinski definition) is 2. The Morgan fingerprint density at radius 1 is 1.10 bits per heavy atom. The minimum absolute atomic E-state index is 0.515. The minimum atomic E-state index is 0.515. The molecule has 21 heavy (non-hydrogen) atoms. The van der Waals surface area contributed by atoms with Crippen molar-refractivity contribution in [3.05, 3.63) is 47.8 Å². The molecule has 2 aromatic rings. The Hall–Kier alpha value is -1.77. The Bertz CT molecular complexity index is 553. The van der Waals surface area contributed by atoms with Crippen LogP contribution in [0.2, 0.25) is 0 Å². The molecule has 1 N–H and O–H groups in total. The van der Waals surface area contributed by atoms with Crippen molar-refractivity contribution in [3.8, 4) is 0 Å². The third kappa shape index (κ3) is 3.87. The van der Waals surface area contributed by atoms with Gasteiger partial charge in [-0.25, -0.2) is 0 Å². The van der Waals surface area contributed by atoms with Gasteiger partial charge in [-0.2, -0.15) is 5.10 Å². The summed E-state index contributed by atoms with van der Waals surface area (Å²) in [6.45, 7) is 9.65. The molecule has 1 aromatic carbocycles. The summed E-state index contributed by atoms with van der Waals surface area (Å²) in [5.41, 5.74) is 3.67. The average Bonchev–Trinajstić information content (AvgIpc) is 2.95. The lowest BCUT2D eigenvalue weighted by atomic mass is 10.0. The van der Waals surface area contributed by atoms with E-state index in [0.717, 1.165) is 25.1 Å². The van der Waals surface area contributed by atoms with Gasteiger partial charge in [-0.15, -0.1) is 0 Å². The van der Waals surface area contributed by atoms with Crippen molar-refractivity contribution in [1.29, 1.82) is 0 Å². The van der Waals surface area contributed by atoms with Gasteiger partial charge in [0.15, 0.2) is 0 Å². The maximum Gasteiger partial charge on any atom is 0.0815 e. The van der Waals surface area contributed by atoms with E-state index in [4.69, 9.17) is 5.10 Å². The van der Waals surface area contributed by atoms with Gasteiger partial charge < -0.3 is 5.32 Å². The molecule has 0 spiro atoms. The van der Waals surface area contributed by atoms with E-state index in [-0.39, 0.29) is 0 Å². The van der Waals surface area contributed by atoms with Gasteiger partial charge in [-0.1, -0.05) is 45.9 Å². The molecule has 1 aromatic heterocycles. The highest BCUT2D eigenvalue weighted by molar-refractivity contribution is 5.52. The normalized spacial score (nSPS) is 11.3. The smallest absolute Gasteiger partial charge is 0.0815 e. The van der Waals surface area contributed by atoms with E-state index in [0.29, 0.717) is 12.0 Å². The first-order valence-electron chi connectivity index (χ1n) is 8.02. The lowest BCUT2D eigenvalue weighted by Gasteiger charge is -2.14. The molecule has 2 rings (SSSR count). The van der Waals surface area contributed by atoms with Crippen molar-refractivity contribution in [2.75, 3.05) is 5.32 Å². The first-order chi connectivity index (χ1) is 10.2. The number of benzene rings is 1. The molecule has 1 heterocycles. The van der Waals surface area contributed by atoms with Crippen LogP contribution in [0.1, 0.15) is 63.8 Å². The van der Waals surface area contributed by atoms with Crippen LogP contribution in [0.4, 0.5) is 5.69 Å². The Labute approximate surface area is 128 Å². The summed E-state index contributed by atoms with van der Waals surface area (Å²) in [6.07, 6.45) is 4.35. The number of nitrogens with zero attached hydrogens (tertiary/aromatic N) is 2. The van der Waals surface area contributed by atoms with Crippen LogP contribution < -0.4 is 5.32 Å². The van der Waals surface area contributed by atoms with Crippen molar-refractivity contribution < 1.29 is 0 Å². The first kappa shape index (κ1) is 15.6. The molecule has 0 saturated carbocycles. The standard InChI is InChI=1S/C18H27N3/c1-5-16(6-2)21-12-11-15(20-21)13-19-18-10-8-7-9-17(18)14(3)4/h7-12,14,16,19H,5-6,13H2,1-4H3. The molecule has 3 nitrogen and oxygen atoms in total. The van der Waals surface area contributed by atoms with Crippen LogP contribution in [0.3, 0.4) is 0 Å². The lowest BCUT2D eigenvalue weighted by Crippen LogP contribution is -2.09. The molecule has 0 unspecified atom stereocenters. The quantitative estimate of drug-likeness (QED) is 0.777. The summed E-state index contributed by atoms with van der Waals surface area (Å²) in [7, 11) is 0. The second kappa shape index (κ2) is 7.30. The molecule has 0 bridgehead atoms. The van der Waals surface area contributed by atoms with Crippen molar-refractivity contribution >= 4 is 5.69 Å². The maximum absolute atomic E-state index is 4.70. The predicted molar refractivity (Wildman–Crippen MR) is 89.7 cm³/mol. The molecule has 0 radical (unpaired) electrons. The Morgan fingerprint density at radius 3 is 2.48 bits per heavy atom. The molecule has 0 amide bonds. The molecular weight excluding hydrogens is 258 g/mol. The molecule has 0 aliphatic rings. The molecule has 0 atom stereocenters. The Morgan fingerprint density at radius 2 is 1.81 bits per heavy atom. The van der Waals surface area contributed by atoms with Gasteiger partial charge in [-0.3, -0.25) is 4.68 Å². The zero-order valence-electron chi connectivity index (χ0n) is 13.6. The van der Waals surface area contributed by atoms with Crippen molar-refractivity contribution in [2.24, 2.45) is 0 Å². The van der Waals surface area contributed by atoms with E-state index >= 15 is 0 Å². The molecule has 0 aliphatic heterocycles. The van der Waals surface area contributed by atoms with Crippen LogP contribution in [0, 0.1) is 0 Å². The van der Waals surface area contributed by atoms with E-state index < -0.39 is 0 Å². The summed E-state index contributed by atoms with van der Waals surface area (Å²) < 4.78 is 2.10. The number of para-hydroxylation sites is 1. The molecule has 0 saturated heterocycles. The largest absolute Gasteiger partial charge is 0.379 e. The third-order valence-corrected chi connectivity index (χ3v) is 4.02. The number of aromatic nitrogens is 2. The van der Waals surface area contributed by atoms with Gasteiger partial charge in [0.05, 0.1) is 18.3 Å². The summed E-state index contributed by atoms with van der Waals surface area (Å²) in [5.74, 6) is 0.524. The number of hydrogen-bond donors (Lipinski definition) is 1. The summed E-state index contributed by atoms with van der Waals surface area (Å²) >= 11 is 0. The minimum Gasteiger partial charge on any atom is -0.379 e. The Kier molecular flexibility index (Phi) is 5.43. The predicted octanol–water partition coefficient (Wildman–Crippen LogP) is 4.98. The number of anilines is 1. The second-order valence-corrected chi connectivity index (χ2v) is 5.85. The monoisotopic (exact) mass is 285 g/mol. The van der Waals surface area contributed by atoms with E-state index in [1.807, 2.05) is 0 Å². The lowest BCUT2D eigenvalue weighted by molar-refractivity contribution is 0.426. The molecule has 0 fully saturated rings. The summed E-state index contributed by atoms with van der Waals surface area (Å²) in [5, 5.41) is 8.22. The summed E-state index contributed by atoms with van der Waals surface area (Å²) in [6, 6.07) is 11.1. The van der Waals surface area contributed by atoms with Gasteiger partial charge in [-0.05, 0) is 36.5 Å². The van der Waals surface area contributed by atoms with Gasteiger partial charge in [0.25, 0.3) is 0 Å². The van der Waals surface area contributed by atoms with E-state index in [1.54, 1.807) is 0 Å². The second-order valence-electron chi connectivity index (χ2n) is 5.85. The van der Waals surface area contributed by atoms with E-state index in [9.17, 15) is 0 Å². The zero-order chi connectivity index (χ0) is 15.2. The van der Waals surface area contributed by atoms with Crippen LogP contribution in [-0.4, -0.2) is 9.78 Å². The topological polar surface area (TPSA) is 29.9 Å². The fraction of sp³-hybridized carbons (Fsp3) is 0.500. The van der Waals surface area contributed by atoms with Crippen molar-refractivity contribution in [2.45, 2.75) is 59.0 Å². The van der Waals surface area contributed by atoms with Crippen LogP contribution in [0.5, 0.6) is 0 Å². The fourth-order valence-corrected chi connectivity index (χ4v) is 2.69. The van der Waals surface area contributed by atoms with Crippen molar-refractivity contribution in [1.82, 2.24) is 9.78 Å². The average molecular weight is 285 g/mol. The van der Waals surface area contributed by atoms with Gasteiger partial charge in [0, 0.05) is 11.9 Å². The van der Waals surface area contributed by atoms with Crippen molar-refractivity contribution in [3.63, 3.8) is 0 Å².